The smallest absolute Gasteiger partial charge is 0.355 e. The summed E-state index contributed by atoms with van der Waals surface area (Å²) < 4.78 is 1.63. The monoisotopic (exact) mass is 242 g/mol. The average molecular weight is 243 g/mol. The quantitative estimate of drug-likeness (QED) is 0.868. The third kappa shape index (κ3) is 1.94. The van der Waals surface area contributed by atoms with E-state index >= 15 is 0 Å². The van der Waals surface area contributed by atoms with Crippen LogP contribution in [0.4, 0.5) is 0 Å². The molecule has 0 aromatic carbocycles. The van der Waals surface area contributed by atoms with E-state index in [1.54, 1.807) is 11.6 Å². The van der Waals surface area contributed by atoms with E-state index in [2.05, 4.69) is 4.98 Å². The van der Waals surface area contributed by atoms with Gasteiger partial charge in [0, 0.05) is 13.0 Å². The lowest BCUT2D eigenvalue weighted by atomic mass is 9.89. The molecule has 0 atom stereocenters. The van der Waals surface area contributed by atoms with Crippen molar-refractivity contribution in [2.75, 3.05) is 0 Å². The summed E-state index contributed by atoms with van der Waals surface area (Å²) in [5, 5.41) is 9.12. The van der Waals surface area contributed by atoms with Gasteiger partial charge in [-0.05, 0) is 12.8 Å². The highest BCUT2D eigenvalue weighted by Gasteiger charge is 2.25. The number of carboxylic acids is 1. The van der Waals surface area contributed by atoms with Crippen molar-refractivity contribution < 1.29 is 9.90 Å². The first kappa shape index (κ1) is 11.5. The highest BCUT2D eigenvalue weighted by molar-refractivity contribution is 6.32. The number of carbonyl (C=O) groups is 1. The minimum absolute atomic E-state index is 0.0993. The molecule has 0 spiro atoms. The first-order chi connectivity index (χ1) is 7.61. The lowest BCUT2D eigenvalue weighted by Crippen LogP contribution is -2.13. The Hall–Kier alpha value is -1.03. The van der Waals surface area contributed by atoms with Gasteiger partial charge < -0.3 is 9.67 Å². The van der Waals surface area contributed by atoms with Crippen LogP contribution in [0.5, 0.6) is 0 Å². The molecule has 0 amide bonds. The number of aromatic carboxylic acids is 1. The summed E-state index contributed by atoms with van der Waals surface area (Å²) in [5.74, 6) is 0.175. The van der Waals surface area contributed by atoms with Crippen LogP contribution in [0.3, 0.4) is 0 Å². The van der Waals surface area contributed by atoms with Gasteiger partial charge in [-0.1, -0.05) is 30.9 Å². The zero-order chi connectivity index (χ0) is 11.7. The van der Waals surface area contributed by atoms with Crippen LogP contribution in [-0.2, 0) is 7.05 Å². The minimum atomic E-state index is -1.01. The lowest BCUT2D eigenvalue weighted by Gasteiger charge is -2.21. The summed E-state index contributed by atoms with van der Waals surface area (Å²) in [6, 6.07) is 0. The van der Waals surface area contributed by atoms with Gasteiger partial charge in [0.2, 0.25) is 0 Å². The molecule has 0 unspecified atom stereocenters. The Balaban J connectivity index is 2.34. The molecule has 1 aliphatic rings. The standard InChI is InChI=1S/C11H15ClN2O2/c1-14-8(11(15)16)9(12)13-10(14)7-5-3-2-4-6-7/h7H,2-6H2,1H3,(H,15,16). The van der Waals surface area contributed by atoms with E-state index in [9.17, 15) is 4.79 Å². The summed E-state index contributed by atoms with van der Waals surface area (Å²) >= 11 is 5.85. The van der Waals surface area contributed by atoms with Gasteiger partial charge >= 0.3 is 5.97 Å². The predicted molar refractivity (Wildman–Crippen MR) is 61.0 cm³/mol. The van der Waals surface area contributed by atoms with E-state index in [-0.39, 0.29) is 10.8 Å². The topological polar surface area (TPSA) is 55.1 Å². The second-order valence-corrected chi connectivity index (χ2v) is 4.67. The number of hydrogen-bond donors (Lipinski definition) is 1. The Morgan fingerprint density at radius 3 is 2.56 bits per heavy atom. The summed E-state index contributed by atoms with van der Waals surface area (Å²) in [6.45, 7) is 0. The lowest BCUT2D eigenvalue weighted by molar-refractivity contribution is 0.0686. The van der Waals surface area contributed by atoms with Gasteiger partial charge in [-0.15, -0.1) is 0 Å². The SMILES string of the molecule is Cn1c(C2CCCCC2)nc(Cl)c1C(=O)O. The molecular formula is C11H15ClN2O2. The van der Waals surface area contributed by atoms with E-state index < -0.39 is 5.97 Å². The first-order valence-corrected chi connectivity index (χ1v) is 5.94. The van der Waals surface area contributed by atoms with Crippen LogP contribution in [0, 0.1) is 0 Å². The molecular weight excluding hydrogens is 228 g/mol. The molecule has 2 rings (SSSR count). The van der Waals surface area contributed by atoms with Crippen molar-refractivity contribution in [3.8, 4) is 0 Å². The zero-order valence-electron chi connectivity index (χ0n) is 9.24. The summed E-state index contributed by atoms with van der Waals surface area (Å²) in [7, 11) is 1.73. The number of aromatic nitrogens is 2. The van der Waals surface area contributed by atoms with Gasteiger partial charge in [0.25, 0.3) is 0 Å². The van der Waals surface area contributed by atoms with Crippen LogP contribution < -0.4 is 0 Å². The van der Waals surface area contributed by atoms with Crippen LogP contribution >= 0.6 is 11.6 Å². The Morgan fingerprint density at radius 1 is 1.44 bits per heavy atom. The van der Waals surface area contributed by atoms with Crippen molar-refractivity contribution in [2.24, 2.45) is 7.05 Å². The fourth-order valence-electron chi connectivity index (χ4n) is 2.44. The van der Waals surface area contributed by atoms with E-state index in [0.717, 1.165) is 18.7 Å². The van der Waals surface area contributed by atoms with Crippen molar-refractivity contribution in [1.29, 1.82) is 0 Å². The minimum Gasteiger partial charge on any atom is -0.476 e. The molecule has 1 heterocycles. The fraction of sp³-hybridized carbons (Fsp3) is 0.636. The highest BCUT2D eigenvalue weighted by Crippen LogP contribution is 2.33. The largest absolute Gasteiger partial charge is 0.476 e. The Bertz CT molecular complexity index is 408. The van der Waals surface area contributed by atoms with Gasteiger partial charge in [0.15, 0.2) is 10.8 Å². The van der Waals surface area contributed by atoms with Crippen molar-refractivity contribution in [3.63, 3.8) is 0 Å². The van der Waals surface area contributed by atoms with Crippen LogP contribution in [0.1, 0.15) is 54.3 Å². The molecule has 0 aliphatic heterocycles. The molecule has 0 bridgehead atoms. The Morgan fingerprint density at radius 2 is 2.06 bits per heavy atom. The van der Waals surface area contributed by atoms with Crippen molar-refractivity contribution in [1.82, 2.24) is 9.55 Å². The molecule has 5 heteroatoms. The van der Waals surface area contributed by atoms with E-state index in [0.29, 0.717) is 5.92 Å². The second kappa shape index (κ2) is 4.45. The number of imidazole rings is 1. The number of halogens is 1. The maximum Gasteiger partial charge on any atom is 0.355 e. The Labute approximate surface area is 99.2 Å². The fourth-order valence-corrected chi connectivity index (χ4v) is 2.73. The second-order valence-electron chi connectivity index (χ2n) is 4.31. The van der Waals surface area contributed by atoms with Crippen LogP contribution in [0.15, 0.2) is 0 Å². The van der Waals surface area contributed by atoms with Crippen LogP contribution in [0.25, 0.3) is 0 Å². The molecule has 0 radical (unpaired) electrons. The van der Waals surface area contributed by atoms with Gasteiger partial charge in [-0.25, -0.2) is 9.78 Å². The van der Waals surface area contributed by atoms with Gasteiger partial charge in [0.05, 0.1) is 0 Å². The molecule has 4 nitrogen and oxygen atoms in total. The number of nitrogens with zero attached hydrogens (tertiary/aromatic N) is 2. The Kier molecular flexibility index (Phi) is 3.19. The molecule has 16 heavy (non-hydrogen) atoms. The van der Waals surface area contributed by atoms with Crippen LogP contribution in [-0.4, -0.2) is 20.6 Å². The van der Waals surface area contributed by atoms with Gasteiger partial charge in [-0.2, -0.15) is 0 Å². The predicted octanol–water partition coefficient (Wildman–Crippen LogP) is 2.82. The molecule has 88 valence electrons. The molecule has 1 saturated carbocycles. The first-order valence-electron chi connectivity index (χ1n) is 5.56. The molecule has 0 saturated heterocycles. The normalized spacial score (nSPS) is 17.6. The van der Waals surface area contributed by atoms with E-state index in [1.165, 1.54) is 19.3 Å². The number of carboxylic acid groups (broad SMARTS) is 1. The third-order valence-corrected chi connectivity index (χ3v) is 3.52. The summed E-state index contributed by atoms with van der Waals surface area (Å²) in [4.78, 5) is 15.2. The number of hydrogen-bond acceptors (Lipinski definition) is 2. The van der Waals surface area contributed by atoms with Gasteiger partial charge in [0.1, 0.15) is 5.82 Å². The van der Waals surface area contributed by atoms with Crippen molar-refractivity contribution in [3.05, 3.63) is 16.7 Å². The summed E-state index contributed by atoms with van der Waals surface area (Å²) in [5.41, 5.74) is 0.0993. The molecule has 1 fully saturated rings. The van der Waals surface area contributed by atoms with E-state index in [1.807, 2.05) is 0 Å². The number of rotatable bonds is 2. The van der Waals surface area contributed by atoms with Crippen molar-refractivity contribution >= 4 is 17.6 Å². The molecule has 1 N–H and O–H groups in total. The maximum absolute atomic E-state index is 11.0. The summed E-state index contributed by atoms with van der Waals surface area (Å²) in [6.07, 6.45) is 5.82. The highest BCUT2D eigenvalue weighted by atomic mass is 35.5. The van der Waals surface area contributed by atoms with Gasteiger partial charge in [-0.3, -0.25) is 0 Å². The third-order valence-electron chi connectivity index (χ3n) is 3.26. The van der Waals surface area contributed by atoms with Crippen LogP contribution in [0.2, 0.25) is 5.15 Å². The molecule has 1 aromatic heterocycles. The maximum atomic E-state index is 11.0. The van der Waals surface area contributed by atoms with E-state index in [4.69, 9.17) is 16.7 Å². The molecule has 1 aliphatic carbocycles. The zero-order valence-corrected chi connectivity index (χ0v) is 10.00. The van der Waals surface area contributed by atoms with Crippen molar-refractivity contribution in [2.45, 2.75) is 38.0 Å². The molecule has 1 aromatic rings. The average Bonchev–Trinajstić information content (AvgIpc) is 2.55.